The Morgan fingerprint density at radius 1 is 0.891 bits per heavy atom. The topological polar surface area (TPSA) is 128 Å². The molecule has 10 heteroatoms. The number of anilines is 1. The first-order valence-corrected chi connectivity index (χ1v) is 15.3. The molecule has 46 heavy (non-hydrogen) atoms. The number of rotatable bonds is 11. The van der Waals surface area contributed by atoms with Crippen LogP contribution in [0.15, 0.2) is 103 Å². The van der Waals surface area contributed by atoms with Crippen LogP contribution in [0, 0.1) is 10.1 Å². The number of nitrogens with one attached hydrogen (secondary N) is 1. The number of hydrogen-bond acceptors (Lipinski definition) is 8. The predicted octanol–water partition coefficient (Wildman–Crippen LogP) is 6.75. The number of aryl methyl sites for hydroxylation is 2. The fourth-order valence-electron chi connectivity index (χ4n) is 5.93. The van der Waals surface area contributed by atoms with E-state index in [1.807, 2.05) is 65.2 Å². The van der Waals surface area contributed by atoms with Gasteiger partial charge in [-0.2, -0.15) is 9.97 Å². The number of nitro groups is 1. The maximum absolute atomic E-state index is 11.0. The van der Waals surface area contributed by atoms with Crippen molar-refractivity contribution in [2.75, 3.05) is 11.9 Å². The minimum Gasteiger partial charge on any atom is -0.424 e. The van der Waals surface area contributed by atoms with Crippen LogP contribution in [0.1, 0.15) is 28.7 Å². The van der Waals surface area contributed by atoms with Gasteiger partial charge in [-0.1, -0.05) is 60.7 Å². The molecule has 2 N–H and O–H groups in total. The average molecular weight is 613 g/mol. The molecule has 10 nitrogen and oxygen atoms in total. The number of fused-ring (bicyclic) bond motifs is 2. The van der Waals surface area contributed by atoms with Gasteiger partial charge >= 0.3 is 6.01 Å². The number of aliphatic hydroxyl groups is 1. The molecule has 0 unspecified atom stereocenters. The number of aliphatic hydroxyl groups excluding tert-OH is 1. The third-order valence-electron chi connectivity index (χ3n) is 8.33. The van der Waals surface area contributed by atoms with E-state index in [-0.39, 0.29) is 24.3 Å². The van der Waals surface area contributed by atoms with Crippen LogP contribution >= 0.6 is 0 Å². The van der Waals surface area contributed by atoms with Crippen LogP contribution in [-0.2, 0) is 25.8 Å². The summed E-state index contributed by atoms with van der Waals surface area (Å²) in [6.07, 6.45) is 5.61. The van der Waals surface area contributed by atoms with Crippen molar-refractivity contribution in [3.63, 3.8) is 0 Å². The van der Waals surface area contributed by atoms with Crippen LogP contribution in [0.5, 0.6) is 11.8 Å². The standard InChI is InChI=1S/C36H32N6O4/c43-22-30(19-24-5-2-1-3-6-24)38-34-33-35(40-36(39-34)46-32-18-15-26-7-4-8-29(26)20-32)41(23-37-33)21-25-9-11-27(12-10-25)28-13-16-31(17-14-28)42(44)45/h1-3,5-6,9-18,20,23,30,43H,4,7-8,19,21-22H2,(H,38,39,40)/t30-/m0/s1. The van der Waals surface area contributed by atoms with E-state index in [4.69, 9.17) is 14.7 Å². The van der Waals surface area contributed by atoms with Gasteiger partial charge < -0.3 is 19.7 Å². The normalized spacial score (nSPS) is 13.0. The molecule has 0 bridgehead atoms. The molecule has 1 aliphatic rings. The molecule has 4 aromatic carbocycles. The first kappa shape index (κ1) is 29.1. The molecule has 0 fully saturated rings. The van der Waals surface area contributed by atoms with E-state index in [1.54, 1.807) is 18.5 Å². The zero-order valence-electron chi connectivity index (χ0n) is 25.0. The van der Waals surface area contributed by atoms with E-state index >= 15 is 0 Å². The Hall–Kier alpha value is -5.61. The van der Waals surface area contributed by atoms with Gasteiger partial charge in [-0.15, -0.1) is 0 Å². The third-order valence-corrected chi connectivity index (χ3v) is 8.33. The number of hydrogen-bond donors (Lipinski definition) is 2. The van der Waals surface area contributed by atoms with Crippen LogP contribution < -0.4 is 10.1 Å². The van der Waals surface area contributed by atoms with E-state index in [9.17, 15) is 15.2 Å². The largest absolute Gasteiger partial charge is 0.424 e. The molecule has 0 spiro atoms. The number of benzene rings is 4. The van der Waals surface area contributed by atoms with Crippen LogP contribution in [0.3, 0.4) is 0 Å². The Labute approximate surface area is 265 Å². The minimum absolute atomic E-state index is 0.0631. The lowest BCUT2D eigenvalue weighted by atomic mass is 10.0. The molecule has 0 aliphatic heterocycles. The summed E-state index contributed by atoms with van der Waals surface area (Å²) in [6, 6.07) is 30.6. The van der Waals surface area contributed by atoms with Crippen LogP contribution in [-0.4, -0.2) is 42.2 Å². The Morgan fingerprint density at radius 2 is 1.63 bits per heavy atom. The molecule has 0 saturated heterocycles. The van der Waals surface area contributed by atoms with Crippen molar-refractivity contribution in [3.05, 3.63) is 136 Å². The maximum Gasteiger partial charge on any atom is 0.326 e. The molecule has 7 rings (SSSR count). The van der Waals surface area contributed by atoms with Gasteiger partial charge in [0.2, 0.25) is 0 Å². The molecule has 1 aliphatic carbocycles. The second-order valence-corrected chi connectivity index (χ2v) is 11.5. The van der Waals surface area contributed by atoms with Gasteiger partial charge in [0.1, 0.15) is 5.75 Å². The molecule has 0 radical (unpaired) electrons. The molecule has 1 atom stereocenters. The molecule has 6 aromatic rings. The van der Waals surface area contributed by atoms with E-state index in [2.05, 4.69) is 22.4 Å². The number of nitro benzene ring substituents is 1. The van der Waals surface area contributed by atoms with Crippen molar-refractivity contribution in [1.82, 2.24) is 19.5 Å². The second kappa shape index (κ2) is 12.8. The quantitative estimate of drug-likeness (QED) is 0.122. The highest BCUT2D eigenvalue weighted by Gasteiger charge is 2.19. The molecule has 0 saturated carbocycles. The van der Waals surface area contributed by atoms with E-state index in [1.165, 1.54) is 23.3 Å². The second-order valence-electron chi connectivity index (χ2n) is 11.5. The lowest BCUT2D eigenvalue weighted by Crippen LogP contribution is -2.27. The first-order chi connectivity index (χ1) is 22.5. The Balaban J connectivity index is 1.19. The number of ether oxygens (including phenoxy) is 1. The highest BCUT2D eigenvalue weighted by molar-refractivity contribution is 5.83. The van der Waals surface area contributed by atoms with Crippen molar-refractivity contribution >= 4 is 22.7 Å². The molecule has 0 amide bonds. The highest BCUT2D eigenvalue weighted by atomic mass is 16.6. The summed E-state index contributed by atoms with van der Waals surface area (Å²) >= 11 is 0. The number of nitrogens with zero attached hydrogens (tertiary/aromatic N) is 5. The summed E-state index contributed by atoms with van der Waals surface area (Å²) in [5, 5.41) is 24.7. The summed E-state index contributed by atoms with van der Waals surface area (Å²) in [7, 11) is 0. The van der Waals surface area contributed by atoms with Crippen LogP contribution in [0.4, 0.5) is 11.5 Å². The first-order valence-electron chi connectivity index (χ1n) is 15.3. The lowest BCUT2D eigenvalue weighted by Gasteiger charge is -2.18. The Bertz CT molecular complexity index is 1990. The van der Waals surface area contributed by atoms with Gasteiger partial charge in [-0.3, -0.25) is 10.1 Å². The van der Waals surface area contributed by atoms with E-state index in [0.717, 1.165) is 41.5 Å². The highest BCUT2D eigenvalue weighted by Crippen LogP contribution is 2.31. The van der Waals surface area contributed by atoms with Gasteiger partial charge in [0.15, 0.2) is 17.0 Å². The lowest BCUT2D eigenvalue weighted by molar-refractivity contribution is -0.384. The monoisotopic (exact) mass is 612 g/mol. The number of non-ortho nitro benzene ring substituents is 1. The van der Waals surface area contributed by atoms with E-state index < -0.39 is 4.92 Å². The van der Waals surface area contributed by atoms with Crippen molar-refractivity contribution in [1.29, 1.82) is 0 Å². The third kappa shape index (κ3) is 6.29. The van der Waals surface area contributed by atoms with Crippen molar-refractivity contribution in [3.8, 4) is 22.9 Å². The summed E-state index contributed by atoms with van der Waals surface area (Å²) in [5.74, 6) is 1.17. The van der Waals surface area contributed by atoms with Crippen molar-refractivity contribution in [2.24, 2.45) is 0 Å². The fourth-order valence-corrected chi connectivity index (χ4v) is 5.93. The minimum atomic E-state index is -0.401. The van der Waals surface area contributed by atoms with Gasteiger partial charge in [0.05, 0.1) is 30.4 Å². The van der Waals surface area contributed by atoms with Crippen LogP contribution in [0.2, 0.25) is 0 Å². The Kier molecular flexibility index (Phi) is 8.09. The molecule has 2 heterocycles. The Morgan fingerprint density at radius 3 is 2.37 bits per heavy atom. The predicted molar refractivity (Wildman–Crippen MR) is 176 cm³/mol. The van der Waals surface area contributed by atoms with Crippen molar-refractivity contribution < 1.29 is 14.8 Å². The summed E-state index contributed by atoms with van der Waals surface area (Å²) in [6.45, 7) is 0.405. The van der Waals surface area contributed by atoms with E-state index in [0.29, 0.717) is 35.7 Å². The number of aromatic nitrogens is 4. The smallest absolute Gasteiger partial charge is 0.326 e. The zero-order chi connectivity index (χ0) is 31.5. The molecular formula is C36H32N6O4. The zero-order valence-corrected chi connectivity index (χ0v) is 25.0. The number of imidazole rings is 1. The van der Waals surface area contributed by atoms with Gasteiger partial charge in [-0.25, -0.2) is 4.98 Å². The SMILES string of the molecule is O=[N+]([O-])c1ccc(-c2ccc(Cn3cnc4c(N[C@H](CO)Cc5ccccc5)nc(Oc5ccc6c(c5)CCC6)nc43)cc2)cc1. The van der Waals surface area contributed by atoms with Gasteiger partial charge in [0, 0.05) is 12.1 Å². The summed E-state index contributed by atoms with van der Waals surface area (Å²) < 4.78 is 8.19. The van der Waals surface area contributed by atoms with Gasteiger partial charge in [0.25, 0.3) is 5.69 Å². The van der Waals surface area contributed by atoms with Gasteiger partial charge in [-0.05, 0) is 83.3 Å². The maximum atomic E-state index is 11.0. The summed E-state index contributed by atoms with van der Waals surface area (Å²) in [4.78, 5) is 24.8. The molecule has 230 valence electrons. The molecule has 2 aromatic heterocycles. The average Bonchev–Trinajstić information content (AvgIpc) is 3.72. The molecular weight excluding hydrogens is 580 g/mol. The summed E-state index contributed by atoms with van der Waals surface area (Å²) in [5.41, 5.74) is 7.87. The van der Waals surface area contributed by atoms with Crippen LogP contribution in [0.25, 0.3) is 22.3 Å². The van der Waals surface area contributed by atoms with Crippen molar-refractivity contribution in [2.45, 2.75) is 38.3 Å². The fraction of sp³-hybridized carbons (Fsp3) is 0.194.